The van der Waals surface area contributed by atoms with E-state index in [0.717, 1.165) is 5.56 Å². The molecular weight excluding hydrogens is 414 g/mol. The maximum Gasteiger partial charge on any atom is 0.293 e. The fourth-order valence-corrected chi connectivity index (χ4v) is 3.40. The zero-order chi connectivity index (χ0) is 22.7. The third-order valence-corrected chi connectivity index (χ3v) is 4.94. The predicted molar refractivity (Wildman–Crippen MR) is 117 cm³/mol. The number of nitrogens with one attached hydrogen (secondary N) is 1. The van der Waals surface area contributed by atoms with E-state index in [1.54, 1.807) is 50.7 Å². The molecule has 162 valence electrons. The molecule has 4 aromatic rings. The number of nitro benzene ring substituents is 1. The van der Waals surface area contributed by atoms with Crippen molar-refractivity contribution in [1.29, 1.82) is 0 Å². The summed E-state index contributed by atoms with van der Waals surface area (Å²) in [7, 11) is 3.14. The fourth-order valence-electron chi connectivity index (χ4n) is 3.40. The number of furan rings is 1. The van der Waals surface area contributed by atoms with Crippen LogP contribution in [0.2, 0.25) is 0 Å². The van der Waals surface area contributed by atoms with E-state index < -0.39 is 10.8 Å². The second kappa shape index (κ2) is 8.76. The molecule has 9 heteroatoms. The first-order valence-corrected chi connectivity index (χ1v) is 9.63. The minimum Gasteiger partial charge on any atom is -0.497 e. The number of nitrogens with zero attached hydrogens (tertiary/aromatic N) is 2. The number of carbonyl (C=O) groups excluding carboxylic acids is 1. The van der Waals surface area contributed by atoms with Crippen LogP contribution in [0.1, 0.15) is 21.9 Å². The van der Waals surface area contributed by atoms with Gasteiger partial charge >= 0.3 is 0 Å². The standard InChI is InChI=1S/C23H19N3O6/c1-30-15-5-9-20(31-2)14(12-15)13-16-6-10-21(32-16)23(27)25-22-17-4-3-11-24-18(17)7-8-19(22)26(28)29/h3-12H,13H2,1-2H3,(H,25,27). The van der Waals surface area contributed by atoms with E-state index in [-0.39, 0.29) is 17.1 Å². The highest BCUT2D eigenvalue weighted by molar-refractivity contribution is 6.09. The van der Waals surface area contributed by atoms with Crippen LogP contribution in [0.25, 0.3) is 10.9 Å². The maximum atomic E-state index is 12.8. The summed E-state index contributed by atoms with van der Waals surface area (Å²) < 4.78 is 16.4. The van der Waals surface area contributed by atoms with Crippen molar-refractivity contribution in [3.63, 3.8) is 0 Å². The Kier molecular flexibility index (Phi) is 5.71. The van der Waals surface area contributed by atoms with Crippen LogP contribution in [0.3, 0.4) is 0 Å². The number of hydrogen-bond acceptors (Lipinski definition) is 7. The van der Waals surface area contributed by atoms with Gasteiger partial charge in [-0.3, -0.25) is 19.9 Å². The van der Waals surface area contributed by atoms with Crippen molar-refractivity contribution in [2.24, 2.45) is 0 Å². The number of rotatable bonds is 7. The van der Waals surface area contributed by atoms with Gasteiger partial charge in [0, 0.05) is 29.6 Å². The smallest absolute Gasteiger partial charge is 0.293 e. The average molecular weight is 433 g/mol. The van der Waals surface area contributed by atoms with E-state index in [9.17, 15) is 14.9 Å². The number of fused-ring (bicyclic) bond motifs is 1. The lowest BCUT2D eigenvalue weighted by Gasteiger charge is -2.09. The third-order valence-electron chi connectivity index (χ3n) is 4.94. The van der Waals surface area contributed by atoms with E-state index in [1.807, 2.05) is 6.07 Å². The summed E-state index contributed by atoms with van der Waals surface area (Å²) in [5.74, 6) is 1.27. The molecule has 9 nitrogen and oxygen atoms in total. The topological polar surface area (TPSA) is 117 Å². The van der Waals surface area contributed by atoms with Gasteiger partial charge in [0.05, 0.1) is 24.7 Å². The number of pyridine rings is 1. The van der Waals surface area contributed by atoms with Crippen LogP contribution < -0.4 is 14.8 Å². The van der Waals surface area contributed by atoms with Gasteiger partial charge in [0.1, 0.15) is 22.9 Å². The number of hydrogen-bond donors (Lipinski definition) is 1. The number of carbonyl (C=O) groups is 1. The Balaban J connectivity index is 1.61. The first kappa shape index (κ1) is 20.9. The van der Waals surface area contributed by atoms with Crippen molar-refractivity contribution in [3.05, 3.63) is 88.0 Å². The van der Waals surface area contributed by atoms with Crippen LogP contribution in [0, 0.1) is 10.1 Å². The number of aromatic nitrogens is 1. The van der Waals surface area contributed by atoms with Crippen molar-refractivity contribution in [2.45, 2.75) is 6.42 Å². The highest BCUT2D eigenvalue weighted by atomic mass is 16.6. The molecule has 0 aliphatic rings. The fraction of sp³-hybridized carbons (Fsp3) is 0.130. The first-order chi connectivity index (χ1) is 15.5. The number of ether oxygens (including phenoxy) is 2. The summed E-state index contributed by atoms with van der Waals surface area (Å²) in [6.45, 7) is 0. The van der Waals surface area contributed by atoms with E-state index in [1.165, 1.54) is 18.2 Å². The van der Waals surface area contributed by atoms with Gasteiger partial charge in [0.15, 0.2) is 5.76 Å². The zero-order valence-electron chi connectivity index (χ0n) is 17.3. The lowest BCUT2D eigenvalue weighted by molar-refractivity contribution is -0.383. The minimum atomic E-state index is -0.603. The highest BCUT2D eigenvalue weighted by Gasteiger charge is 2.22. The Labute approximate surface area is 182 Å². The molecule has 0 bridgehead atoms. The quantitative estimate of drug-likeness (QED) is 0.334. The normalized spacial score (nSPS) is 10.7. The van der Waals surface area contributed by atoms with Crippen LogP contribution >= 0.6 is 0 Å². The summed E-state index contributed by atoms with van der Waals surface area (Å²) in [4.78, 5) is 28.0. The van der Waals surface area contributed by atoms with Crippen LogP contribution in [0.15, 0.2) is 65.2 Å². The molecular formula is C23H19N3O6. The number of anilines is 1. The molecule has 0 fully saturated rings. The van der Waals surface area contributed by atoms with E-state index in [4.69, 9.17) is 13.9 Å². The molecule has 0 atom stereocenters. The summed E-state index contributed by atoms with van der Waals surface area (Å²) in [6, 6.07) is 14.8. The van der Waals surface area contributed by atoms with Crippen molar-refractivity contribution in [2.75, 3.05) is 19.5 Å². The van der Waals surface area contributed by atoms with Gasteiger partial charge in [-0.1, -0.05) is 0 Å². The molecule has 4 rings (SSSR count). The zero-order valence-corrected chi connectivity index (χ0v) is 17.3. The molecule has 2 heterocycles. The Morgan fingerprint density at radius 3 is 2.72 bits per heavy atom. The second-order valence-electron chi connectivity index (χ2n) is 6.86. The Morgan fingerprint density at radius 2 is 1.97 bits per heavy atom. The molecule has 0 aliphatic heterocycles. The van der Waals surface area contributed by atoms with Crippen LogP contribution in [0.5, 0.6) is 11.5 Å². The molecule has 0 aliphatic carbocycles. The van der Waals surface area contributed by atoms with E-state index in [0.29, 0.717) is 34.6 Å². The maximum absolute atomic E-state index is 12.8. The van der Waals surface area contributed by atoms with Gasteiger partial charge in [-0.05, 0) is 48.5 Å². The van der Waals surface area contributed by atoms with Gasteiger partial charge in [0.2, 0.25) is 0 Å². The summed E-state index contributed by atoms with van der Waals surface area (Å²) in [6.07, 6.45) is 1.94. The monoisotopic (exact) mass is 433 g/mol. The van der Waals surface area contributed by atoms with Gasteiger partial charge in [-0.2, -0.15) is 0 Å². The molecule has 0 unspecified atom stereocenters. The molecule has 0 saturated carbocycles. The molecule has 1 amide bonds. The van der Waals surface area contributed by atoms with Crippen molar-refractivity contribution >= 4 is 28.2 Å². The van der Waals surface area contributed by atoms with Crippen LogP contribution in [0.4, 0.5) is 11.4 Å². The average Bonchev–Trinajstić information content (AvgIpc) is 3.27. The van der Waals surface area contributed by atoms with Gasteiger partial charge < -0.3 is 19.2 Å². The van der Waals surface area contributed by atoms with Crippen molar-refractivity contribution in [3.8, 4) is 11.5 Å². The molecule has 32 heavy (non-hydrogen) atoms. The minimum absolute atomic E-state index is 0.0251. The third kappa shape index (κ3) is 4.08. The van der Waals surface area contributed by atoms with Crippen molar-refractivity contribution in [1.82, 2.24) is 4.98 Å². The lowest BCUT2D eigenvalue weighted by atomic mass is 10.1. The lowest BCUT2D eigenvalue weighted by Crippen LogP contribution is -2.13. The molecule has 0 saturated heterocycles. The van der Waals surface area contributed by atoms with Crippen LogP contribution in [-0.4, -0.2) is 30.0 Å². The summed E-state index contributed by atoms with van der Waals surface area (Å²) in [5.41, 5.74) is 1.19. The molecule has 2 aromatic carbocycles. The molecule has 1 N–H and O–H groups in total. The molecule has 0 spiro atoms. The molecule has 0 radical (unpaired) electrons. The SMILES string of the molecule is COc1ccc(OC)c(Cc2ccc(C(=O)Nc3c([N+](=O)[O-])ccc4ncccc34)o2)c1. The Morgan fingerprint density at radius 1 is 1.12 bits per heavy atom. The highest BCUT2D eigenvalue weighted by Crippen LogP contribution is 2.33. The largest absolute Gasteiger partial charge is 0.497 e. The number of amides is 1. The van der Waals surface area contributed by atoms with Gasteiger partial charge in [-0.15, -0.1) is 0 Å². The number of methoxy groups -OCH3 is 2. The summed E-state index contributed by atoms with van der Waals surface area (Å²) >= 11 is 0. The summed E-state index contributed by atoms with van der Waals surface area (Å²) in [5, 5.41) is 14.6. The molecule has 2 aromatic heterocycles. The first-order valence-electron chi connectivity index (χ1n) is 9.63. The van der Waals surface area contributed by atoms with Gasteiger partial charge in [-0.25, -0.2) is 0 Å². The van der Waals surface area contributed by atoms with Crippen molar-refractivity contribution < 1.29 is 23.6 Å². The number of benzene rings is 2. The van der Waals surface area contributed by atoms with Crippen LogP contribution in [-0.2, 0) is 6.42 Å². The Bertz CT molecular complexity index is 1310. The predicted octanol–water partition coefficient (Wildman–Crippen LogP) is 4.60. The second-order valence-corrected chi connectivity index (χ2v) is 6.86. The van der Waals surface area contributed by atoms with E-state index >= 15 is 0 Å². The Hall–Kier alpha value is -4.40. The van der Waals surface area contributed by atoms with Gasteiger partial charge in [0.25, 0.3) is 11.6 Å². The number of nitro groups is 1. The van der Waals surface area contributed by atoms with E-state index in [2.05, 4.69) is 10.3 Å².